The van der Waals surface area contributed by atoms with Gasteiger partial charge in [0.25, 0.3) is 0 Å². The molecular formula is C19H18F2O. The van der Waals surface area contributed by atoms with Crippen LogP contribution in [0.1, 0.15) is 31.4 Å². The van der Waals surface area contributed by atoms with Crippen molar-refractivity contribution < 1.29 is 13.9 Å². The SMILES string of the molecule is CC(C)=C=CCC(O)(c1ccc(F)cc1)c1ccc(F)cc1. The van der Waals surface area contributed by atoms with Crippen LogP contribution < -0.4 is 0 Å². The number of halogens is 2. The van der Waals surface area contributed by atoms with Gasteiger partial charge in [-0.1, -0.05) is 24.3 Å². The average molecular weight is 300 g/mol. The highest BCUT2D eigenvalue weighted by Gasteiger charge is 2.30. The number of hydrogen-bond acceptors (Lipinski definition) is 1. The molecule has 22 heavy (non-hydrogen) atoms. The van der Waals surface area contributed by atoms with Gasteiger partial charge in [-0.3, -0.25) is 0 Å². The molecule has 3 heteroatoms. The van der Waals surface area contributed by atoms with E-state index < -0.39 is 5.60 Å². The molecule has 0 atom stereocenters. The fraction of sp³-hybridized carbons (Fsp3) is 0.211. The smallest absolute Gasteiger partial charge is 0.123 e. The molecule has 1 nitrogen and oxygen atoms in total. The lowest BCUT2D eigenvalue weighted by Gasteiger charge is -2.28. The molecule has 2 aromatic rings. The van der Waals surface area contributed by atoms with Crippen LogP contribution in [0.2, 0.25) is 0 Å². The van der Waals surface area contributed by atoms with Gasteiger partial charge in [0.05, 0.1) is 0 Å². The number of aliphatic hydroxyl groups is 1. The Morgan fingerprint density at radius 2 is 1.36 bits per heavy atom. The normalized spacial score (nSPS) is 11.0. The van der Waals surface area contributed by atoms with Gasteiger partial charge in [-0.15, -0.1) is 5.73 Å². The van der Waals surface area contributed by atoms with Gasteiger partial charge >= 0.3 is 0 Å². The van der Waals surface area contributed by atoms with Gasteiger partial charge in [-0.05, 0) is 60.9 Å². The Morgan fingerprint density at radius 1 is 0.955 bits per heavy atom. The van der Waals surface area contributed by atoms with Gasteiger partial charge in [-0.2, -0.15) is 0 Å². The van der Waals surface area contributed by atoms with Crippen LogP contribution in [0, 0.1) is 11.6 Å². The predicted molar refractivity (Wildman–Crippen MR) is 83.4 cm³/mol. The molecule has 2 rings (SSSR count). The van der Waals surface area contributed by atoms with E-state index in [2.05, 4.69) is 5.73 Å². The molecule has 0 bridgehead atoms. The van der Waals surface area contributed by atoms with Gasteiger partial charge in [0.2, 0.25) is 0 Å². The minimum atomic E-state index is -1.36. The van der Waals surface area contributed by atoms with Crippen molar-refractivity contribution in [2.75, 3.05) is 0 Å². The molecule has 0 amide bonds. The third-order valence-corrected chi connectivity index (χ3v) is 3.43. The molecule has 0 radical (unpaired) electrons. The molecule has 0 aliphatic heterocycles. The van der Waals surface area contributed by atoms with Crippen LogP contribution in [-0.4, -0.2) is 5.11 Å². The van der Waals surface area contributed by atoms with Crippen molar-refractivity contribution in [2.24, 2.45) is 0 Å². The third-order valence-electron chi connectivity index (χ3n) is 3.43. The first kappa shape index (κ1) is 16.2. The van der Waals surface area contributed by atoms with Crippen LogP contribution in [0.3, 0.4) is 0 Å². The molecule has 0 saturated heterocycles. The van der Waals surface area contributed by atoms with Gasteiger partial charge in [0, 0.05) is 6.42 Å². The van der Waals surface area contributed by atoms with E-state index in [0.29, 0.717) is 11.1 Å². The summed E-state index contributed by atoms with van der Waals surface area (Å²) in [4.78, 5) is 0. The Labute approximate surface area is 129 Å². The van der Waals surface area contributed by atoms with Crippen LogP contribution in [0.25, 0.3) is 0 Å². The lowest BCUT2D eigenvalue weighted by molar-refractivity contribution is 0.0840. The molecular weight excluding hydrogens is 282 g/mol. The van der Waals surface area contributed by atoms with Crippen LogP contribution in [0.5, 0.6) is 0 Å². The van der Waals surface area contributed by atoms with Crippen molar-refractivity contribution in [3.8, 4) is 0 Å². The third kappa shape index (κ3) is 3.70. The Balaban J connectivity index is 2.50. The Hall–Kier alpha value is -2.22. The maximum absolute atomic E-state index is 13.1. The molecule has 0 fully saturated rings. The molecule has 0 aliphatic carbocycles. The van der Waals surface area contributed by atoms with Crippen molar-refractivity contribution in [3.05, 3.63) is 88.7 Å². The predicted octanol–water partition coefficient (Wildman–Crippen LogP) is 4.71. The van der Waals surface area contributed by atoms with Gasteiger partial charge in [-0.25, -0.2) is 8.78 Å². The van der Waals surface area contributed by atoms with E-state index in [9.17, 15) is 13.9 Å². The highest BCUT2D eigenvalue weighted by atomic mass is 19.1. The molecule has 0 spiro atoms. The van der Waals surface area contributed by atoms with E-state index in [1.165, 1.54) is 48.5 Å². The fourth-order valence-electron chi connectivity index (χ4n) is 2.26. The maximum Gasteiger partial charge on any atom is 0.123 e. The first-order valence-electron chi connectivity index (χ1n) is 7.04. The summed E-state index contributed by atoms with van der Waals surface area (Å²) in [6.07, 6.45) is 2.00. The number of hydrogen-bond donors (Lipinski definition) is 1. The second-order valence-corrected chi connectivity index (χ2v) is 5.43. The molecule has 2 aromatic carbocycles. The second kappa shape index (κ2) is 6.69. The second-order valence-electron chi connectivity index (χ2n) is 5.43. The van der Waals surface area contributed by atoms with Crippen LogP contribution in [0.4, 0.5) is 8.78 Å². The first-order valence-corrected chi connectivity index (χ1v) is 7.04. The molecule has 114 valence electrons. The van der Waals surface area contributed by atoms with Crippen LogP contribution in [0.15, 0.2) is 65.9 Å². The van der Waals surface area contributed by atoms with E-state index in [-0.39, 0.29) is 18.1 Å². The zero-order valence-corrected chi connectivity index (χ0v) is 12.6. The zero-order chi connectivity index (χ0) is 16.2. The minimum Gasteiger partial charge on any atom is -0.380 e. The largest absolute Gasteiger partial charge is 0.380 e. The first-order chi connectivity index (χ1) is 10.4. The molecule has 0 heterocycles. The summed E-state index contributed by atoms with van der Waals surface area (Å²) in [5.74, 6) is -0.741. The lowest BCUT2D eigenvalue weighted by Crippen LogP contribution is -2.26. The van der Waals surface area contributed by atoms with Crippen molar-refractivity contribution in [3.63, 3.8) is 0 Å². The van der Waals surface area contributed by atoms with E-state index in [4.69, 9.17) is 0 Å². The molecule has 0 aromatic heterocycles. The maximum atomic E-state index is 13.1. The van der Waals surface area contributed by atoms with Crippen LogP contribution in [-0.2, 0) is 5.60 Å². The van der Waals surface area contributed by atoms with E-state index in [0.717, 1.165) is 5.57 Å². The molecule has 0 saturated carbocycles. The average Bonchev–Trinajstić information content (AvgIpc) is 2.48. The minimum absolute atomic E-state index is 0.259. The summed E-state index contributed by atoms with van der Waals surface area (Å²) in [6.45, 7) is 3.82. The summed E-state index contributed by atoms with van der Waals surface area (Å²) >= 11 is 0. The molecule has 0 aliphatic rings. The zero-order valence-electron chi connectivity index (χ0n) is 12.6. The topological polar surface area (TPSA) is 20.2 Å². The highest BCUT2D eigenvalue weighted by molar-refractivity contribution is 5.37. The lowest BCUT2D eigenvalue weighted by atomic mass is 9.83. The molecule has 0 unspecified atom stereocenters. The van der Waals surface area contributed by atoms with Gasteiger partial charge in [0.1, 0.15) is 17.2 Å². The fourth-order valence-corrected chi connectivity index (χ4v) is 2.26. The Bertz CT molecular complexity index is 644. The van der Waals surface area contributed by atoms with Crippen molar-refractivity contribution in [1.82, 2.24) is 0 Å². The van der Waals surface area contributed by atoms with Crippen LogP contribution >= 0.6 is 0 Å². The summed E-state index contributed by atoms with van der Waals surface area (Å²) in [6, 6.07) is 11.3. The van der Waals surface area contributed by atoms with E-state index >= 15 is 0 Å². The van der Waals surface area contributed by atoms with Crippen molar-refractivity contribution in [1.29, 1.82) is 0 Å². The van der Waals surface area contributed by atoms with Crippen molar-refractivity contribution >= 4 is 0 Å². The van der Waals surface area contributed by atoms with Crippen molar-refractivity contribution in [2.45, 2.75) is 25.9 Å². The monoisotopic (exact) mass is 300 g/mol. The molecule has 1 N–H and O–H groups in total. The quantitative estimate of drug-likeness (QED) is 0.811. The van der Waals surface area contributed by atoms with E-state index in [1.54, 1.807) is 6.08 Å². The summed E-state index contributed by atoms with van der Waals surface area (Å²) in [7, 11) is 0. The Morgan fingerprint density at radius 3 is 1.73 bits per heavy atom. The summed E-state index contributed by atoms with van der Waals surface area (Å²) in [5.41, 5.74) is 3.77. The van der Waals surface area contributed by atoms with Gasteiger partial charge < -0.3 is 5.11 Å². The van der Waals surface area contributed by atoms with Gasteiger partial charge in [0.15, 0.2) is 0 Å². The summed E-state index contributed by atoms with van der Waals surface area (Å²) in [5, 5.41) is 11.1. The number of benzene rings is 2. The highest BCUT2D eigenvalue weighted by Crippen LogP contribution is 2.33. The Kier molecular flexibility index (Phi) is 4.92. The summed E-state index contributed by atoms with van der Waals surface area (Å²) < 4.78 is 26.3. The van der Waals surface area contributed by atoms with E-state index in [1.807, 2.05) is 13.8 Å². The number of rotatable bonds is 4. The standard InChI is InChI=1S/C19H18F2O/c1-14(2)4-3-13-19(22,15-5-9-17(20)10-6-15)16-7-11-18(21)12-8-16/h3,5-12,22H,13H2,1-2H3.